The van der Waals surface area contributed by atoms with E-state index in [0.717, 1.165) is 31.3 Å². The number of methoxy groups -OCH3 is 3. The summed E-state index contributed by atoms with van der Waals surface area (Å²) in [7, 11) is 4.48. The summed E-state index contributed by atoms with van der Waals surface area (Å²) in [6, 6.07) is 27.8. The highest BCUT2D eigenvalue weighted by Gasteiger charge is 2.52. The van der Waals surface area contributed by atoms with Crippen molar-refractivity contribution < 1.29 is 57.1 Å². The first-order chi connectivity index (χ1) is 34.0. The molecule has 5 aromatic carbocycles. The van der Waals surface area contributed by atoms with Crippen molar-refractivity contribution in [3.63, 3.8) is 0 Å². The van der Waals surface area contributed by atoms with Crippen LogP contribution in [0.2, 0.25) is 0 Å². The Morgan fingerprint density at radius 3 is 1.69 bits per heavy atom. The minimum Gasteiger partial charge on any atom is -0.497 e. The second kappa shape index (κ2) is 22.5. The smallest absolute Gasteiger partial charge is 0.343 e. The zero-order valence-corrected chi connectivity index (χ0v) is 41.6. The fourth-order valence-electron chi connectivity index (χ4n) is 10.5. The monoisotopic (exact) mass is 962 g/mol. The van der Waals surface area contributed by atoms with Crippen LogP contribution in [0, 0.1) is 22.7 Å². The van der Waals surface area contributed by atoms with Gasteiger partial charge in [-0.2, -0.15) is 0 Å². The van der Waals surface area contributed by atoms with Crippen LogP contribution < -0.4 is 28.4 Å². The van der Waals surface area contributed by atoms with E-state index in [1.807, 2.05) is 13.0 Å². The molecule has 0 bridgehead atoms. The number of Topliss-reactive ketones (excluding diaryl/α,β-unsaturated/α-hetero) is 1. The Labute approximate surface area is 415 Å². The predicted molar refractivity (Wildman–Crippen MR) is 269 cm³/mol. The summed E-state index contributed by atoms with van der Waals surface area (Å²) in [5.41, 5.74) is 2.83. The van der Waals surface area contributed by atoms with Crippen LogP contribution in [0.25, 0.3) is 0 Å². The lowest BCUT2D eigenvalue weighted by atomic mass is 9.47. The van der Waals surface area contributed by atoms with Crippen molar-refractivity contribution in [2.75, 3.05) is 27.9 Å². The number of fused-ring (bicyclic) bond motifs is 1. The molecule has 12 heteroatoms. The lowest BCUT2D eigenvalue weighted by Crippen LogP contribution is -2.49. The number of ether oxygens (including phenoxy) is 7. The average Bonchev–Trinajstić information content (AvgIpc) is 3.37. The molecule has 0 N–H and O–H groups in total. The van der Waals surface area contributed by atoms with E-state index in [1.54, 1.807) is 54.6 Å². The number of benzene rings is 5. The molecule has 5 aromatic rings. The second-order valence-electron chi connectivity index (χ2n) is 19.2. The third kappa shape index (κ3) is 11.9. The number of esters is 4. The molecule has 0 heterocycles. The first kappa shape index (κ1) is 51.4. The zero-order valence-electron chi connectivity index (χ0n) is 41.6. The van der Waals surface area contributed by atoms with Crippen LogP contribution in [0.3, 0.4) is 0 Å². The van der Waals surface area contributed by atoms with Gasteiger partial charge in [0.15, 0.2) is 12.4 Å². The molecule has 0 radical (unpaired) electrons. The number of allylic oxidation sites excluding steroid dienone is 3. The molecule has 71 heavy (non-hydrogen) atoms. The summed E-state index contributed by atoms with van der Waals surface area (Å²) in [5, 5.41) is 0. The Hall–Kier alpha value is -7.47. The predicted octanol–water partition coefficient (Wildman–Crippen LogP) is 12.5. The highest BCUT2D eigenvalue weighted by Crippen LogP contribution is 2.62. The van der Waals surface area contributed by atoms with Crippen LogP contribution in [0.4, 0.5) is 0 Å². The highest BCUT2D eigenvalue weighted by molar-refractivity contribution is 6.07. The molecular weight excluding hydrogens is 901 g/mol. The van der Waals surface area contributed by atoms with Crippen molar-refractivity contribution in [1.29, 1.82) is 0 Å². The van der Waals surface area contributed by atoms with Crippen LogP contribution >= 0.6 is 0 Å². The van der Waals surface area contributed by atoms with E-state index in [0.29, 0.717) is 35.5 Å². The SMILES string of the molecule is C=C1CC[C@H]2C(C)(C)CCC[C@]2(C)[C@H]1CC/C(C)=C/Cc1c(OC(=O)c2ccc(OC)cc2)cc(OC(=O)c2ccc(OC)cc2)c(C(=O)COC(=O)c2ccccc2)c1OC(=O)c1ccc(OC)cc1. The normalized spacial score (nSPS) is 18.3. The Morgan fingerprint density at radius 2 is 1.15 bits per heavy atom. The number of hydrogen-bond acceptors (Lipinski definition) is 12. The Kier molecular flexibility index (Phi) is 16.3. The first-order valence-corrected chi connectivity index (χ1v) is 23.9. The number of carbonyl (C=O) groups is 5. The summed E-state index contributed by atoms with van der Waals surface area (Å²) in [6.07, 6.45) is 9.19. The van der Waals surface area contributed by atoms with Gasteiger partial charge >= 0.3 is 23.9 Å². The summed E-state index contributed by atoms with van der Waals surface area (Å²) >= 11 is 0. The summed E-state index contributed by atoms with van der Waals surface area (Å²) in [5.74, 6) is -2.90. The molecule has 0 amide bonds. The molecule has 0 saturated heterocycles. The zero-order chi connectivity index (χ0) is 50.9. The number of hydrogen-bond donors (Lipinski definition) is 0. The fourth-order valence-corrected chi connectivity index (χ4v) is 10.5. The van der Waals surface area contributed by atoms with Gasteiger partial charge < -0.3 is 33.2 Å². The molecule has 0 spiro atoms. The molecule has 12 nitrogen and oxygen atoms in total. The molecule has 2 aliphatic rings. The molecule has 2 saturated carbocycles. The summed E-state index contributed by atoms with van der Waals surface area (Å²) in [4.78, 5) is 70.5. The van der Waals surface area contributed by atoms with Crippen LogP contribution in [-0.2, 0) is 11.2 Å². The van der Waals surface area contributed by atoms with Gasteiger partial charge in [0.05, 0.1) is 43.6 Å². The second-order valence-corrected chi connectivity index (χ2v) is 19.2. The molecule has 2 aliphatic carbocycles. The topological polar surface area (TPSA) is 150 Å². The number of carbonyl (C=O) groups excluding carboxylic acids is 5. The van der Waals surface area contributed by atoms with Gasteiger partial charge in [-0.1, -0.05) is 69.2 Å². The van der Waals surface area contributed by atoms with E-state index in [9.17, 15) is 24.0 Å². The Morgan fingerprint density at radius 1 is 0.648 bits per heavy atom. The van der Waals surface area contributed by atoms with Gasteiger partial charge in [-0.3, -0.25) is 4.79 Å². The molecule has 7 rings (SSSR count). The standard InChI is InChI=1S/C59H62O12/c1-37(16-31-47-38(2)17-32-51-58(3,4)33-12-34-59(47,51)5)15-30-46-49(69-55(62)40-18-24-43(65-6)25-19-40)35-50(70-56(63)41-20-26-44(66-7)27-21-41)52(48(60)36-68-54(61)39-13-10-9-11-14-39)53(46)71-57(64)42-22-28-45(67-8)29-23-42/h9-11,13-15,18-29,35,47,51H,2,12,16-17,30-34,36H2,1,3-8H3/b37-15+/t47-,51-,59+/m0/s1. The molecule has 370 valence electrons. The lowest BCUT2D eigenvalue weighted by Gasteiger charge is -2.58. The number of ketones is 1. The largest absolute Gasteiger partial charge is 0.497 e. The van der Waals surface area contributed by atoms with Gasteiger partial charge in [0, 0.05) is 11.6 Å². The van der Waals surface area contributed by atoms with Gasteiger partial charge in [0.25, 0.3) is 0 Å². The van der Waals surface area contributed by atoms with E-state index in [4.69, 9.17) is 33.2 Å². The molecule has 0 aliphatic heterocycles. The van der Waals surface area contributed by atoms with Crippen molar-refractivity contribution in [2.45, 2.75) is 79.1 Å². The maximum absolute atomic E-state index is 14.8. The van der Waals surface area contributed by atoms with Gasteiger partial charge in [-0.05, 0) is 159 Å². The summed E-state index contributed by atoms with van der Waals surface area (Å²) in [6.45, 7) is 13.0. The third-order valence-corrected chi connectivity index (χ3v) is 14.3. The minimum absolute atomic E-state index is 0.0163. The quantitative estimate of drug-likeness (QED) is 0.0356. The number of rotatable bonds is 18. The summed E-state index contributed by atoms with van der Waals surface area (Å²) < 4.78 is 39.9. The van der Waals surface area contributed by atoms with E-state index >= 15 is 0 Å². The molecule has 0 aromatic heterocycles. The van der Waals surface area contributed by atoms with E-state index < -0.39 is 47.6 Å². The van der Waals surface area contributed by atoms with Crippen LogP contribution in [-0.4, -0.2) is 57.6 Å². The maximum atomic E-state index is 14.8. The fraction of sp³-hybridized carbons (Fsp3) is 0.339. The van der Waals surface area contributed by atoms with E-state index in [-0.39, 0.29) is 56.6 Å². The Balaban J connectivity index is 1.36. The van der Waals surface area contributed by atoms with Gasteiger partial charge in [0.2, 0.25) is 5.78 Å². The third-order valence-electron chi connectivity index (χ3n) is 14.3. The molecule has 3 atom stereocenters. The van der Waals surface area contributed by atoms with Crippen molar-refractivity contribution in [3.8, 4) is 34.5 Å². The van der Waals surface area contributed by atoms with Gasteiger partial charge in [-0.15, -0.1) is 0 Å². The van der Waals surface area contributed by atoms with E-state index in [2.05, 4.69) is 27.4 Å². The Bertz CT molecular complexity index is 2790. The van der Waals surface area contributed by atoms with Crippen LogP contribution in [0.5, 0.6) is 34.5 Å². The van der Waals surface area contributed by atoms with Crippen molar-refractivity contribution in [2.24, 2.45) is 22.7 Å². The van der Waals surface area contributed by atoms with Gasteiger partial charge in [-0.25, -0.2) is 19.2 Å². The molecular formula is C59H62O12. The van der Waals surface area contributed by atoms with Crippen molar-refractivity contribution in [1.82, 2.24) is 0 Å². The van der Waals surface area contributed by atoms with Crippen LogP contribution in [0.15, 0.2) is 133 Å². The molecule has 2 fully saturated rings. The maximum Gasteiger partial charge on any atom is 0.343 e. The highest BCUT2D eigenvalue weighted by atomic mass is 16.6. The molecule has 0 unspecified atom stereocenters. The van der Waals surface area contributed by atoms with E-state index in [1.165, 1.54) is 94.3 Å². The average molecular weight is 963 g/mol. The first-order valence-electron chi connectivity index (χ1n) is 23.9. The van der Waals surface area contributed by atoms with Crippen molar-refractivity contribution >= 4 is 29.7 Å². The van der Waals surface area contributed by atoms with Crippen LogP contribution in [0.1, 0.15) is 130 Å². The lowest BCUT2D eigenvalue weighted by molar-refractivity contribution is -0.0539. The minimum atomic E-state index is -0.909. The van der Waals surface area contributed by atoms with Gasteiger partial charge in [0.1, 0.15) is 34.3 Å². The van der Waals surface area contributed by atoms with Crippen molar-refractivity contribution in [3.05, 3.63) is 166 Å².